The summed E-state index contributed by atoms with van der Waals surface area (Å²) in [4.78, 5) is 13.3. The van der Waals surface area contributed by atoms with Crippen molar-refractivity contribution in [2.24, 2.45) is 0 Å². The minimum atomic E-state index is -2.31. The molecule has 0 unspecified atom stereocenters. The number of hydrogen-bond donors (Lipinski definition) is 0. The van der Waals surface area contributed by atoms with Gasteiger partial charge in [-0.3, -0.25) is 9.37 Å². The molecule has 0 amide bonds. The molecular weight excluding hydrogens is 798 g/mol. The summed E-state index contributed by atoms with van der Waals surface area (Å²) < 4.78 is 43.7. The van der Waals surface area contributed by atoms with Gasteiger partial charge in [-0.1, -0.05) is 114 Å². The average Bonchev–Trinajstić information content (AvgIpc) is 3.48. The van der Waals surface area contributed by atoms with Crippen molar-refractivity contribution in [3.8, 4) is 22.5 Å². The van der Waals surface area contributed by atoms with Crippen LogP contribution in [0.1, 0.15) is 62.5 Å². The first-order chi connectivity index (χ1) is 24.6. The van der Waals surface area contributed by atoms with Crippen molar-refractivity contribution < 1.29 is 33.0 Å². The molecule has 0 atom stereocenters. The summed E-state index contributed by atoms with van der Waals surface area (Å²) in [6.45, 7) is 10.4. The minimum Gasteiger partial charge on any atom is -0.501 e. The molecule has 6 heteroatoms. The molecule has 1 radical (unpaired) electrons. The maximum absolute atomic E-state index is 12.8. The van der Waals surface area contributed by atoms with Gasteiger partial charge in [-0.25, -0.2) is 4.98 Å². The molecule has 0 fully saturated rings. The summed E-state index contributed by atoms with van der Waals surface area (Å²) >= 11 is 0. The Balaban J connectivity index is 0.000000226. The summed E-state index contributed by atoms with van der Waals surface area (Å²) in [5, 5.41) is 5.72. The van der Waals surface area contributed by atoms with Crippen LogP contribution in [0.5, 0.6) is 0 Å². The van der Waals surface area contributed by atoms with Crippen LogP contribution < -0.4 is 0 Å². The molecule has 8 aromatic rings. The number of rotatable bonds is 2. The fraction of sp³-hybridized carbons (Fsp3) is 0.205. The first-order valence-corrected chi connectivity index (χ1v) is 16.3. The van der Waals surface area contributed by atoms with Crippen LogP contribution in [0.2, 0.25) is 0 Å². The van der Waals surface area contributed by atoms with E-state index in [1.165, 1.54) is 24.0 Å². The van der Waals surface area contributed by atoms with E-state index < -0.39 is 6.85 Å². The fourth-order valence-electron chi connectivity index (χ4n) is 5.98. The monoisotopic (exact) mass is 839 g/mol. The molecule has 0 aliphatic heterocycles. The average molecular weight is 839 g/mol. The van der Waals surface area contributed by atoms with E-state index >= 15 is 0 Å². The molecule has 0 saturated heterocycles. The summed E-state index contributed by atoms with van der Waals surface area (Å²) in [6.07, 6.45) is 3.41. The third-order valence-corrected chi connectivity index (χ3v) is 8.78. The van der Waals surface area contributed by atoms with Gasteiger partial charge in [0, 0.05) is 52.7 Å². The fourth-order valence-corrected chi connectivity index (χ4v) is 5.98. The van der Waals surface area contributed by atoms with Gasteiger partial charge in [0.05, 0.1) is 5.58 Å². The van der Waals surface area contributed by atoms with E-state index in [1.54, 1.807) is 12.1 Å². The zero-order chi connectivity index (χ0) is 37.0. The van der Waals surface area contributed by atoms with Gasteiger partial charge in [0.15, 0.2) is 0 Å². The number of benzene rings is 5. The quantitative estimate of drug-likeness (QED) is 0.129. The Morgan fingerprint density at radius 1 is 0.720 bits per heavy atom. The van der Waals surface area contributed by atoms with Crippen molar-refractivity contribution >= 4 is 43.5 Å². The predicted molar refractivity (Wildman–Crippen MR) is 199 cm³/mol. The Morgan fingerprint density at radius 3 is 2.22 bits per heavy atom. The summed E-state index contributed by atoms with van der Waals surface area (Å²) in [6, 6.07) is 34.4. The van der Waals surface area contributed by atoms with Gasteiger partial charge in [-0.05, 0) is 56.0 Å². The number of halogens is 1. The van der Waals surface area contributed by atoms with E-state index in [1.807, 2.05) is 42.6 Å². The van der Waals surface area contributed by atoms with Crippen molar-refractivity contribution in [1.82, 2.24) is 15.0 Å². The second-order valence-corrected chi connectivity index (χ2v) is 14.4. The molecule has 5 aromatic carbocycles. The summed E-state index contributed by atoms with van der Waals surface area (Å²) in [5.74, 6) is -0.278. The Labute approximate surface area is 310 Å². The Morgan fingerprint density at radius 2 is 1.52 bits per heavy atom. The standard InChI is InChI=1S/C29H23N2O.C15H15FN.Ir/c1-17-9-12-21(24-15-26(29(2,3)4)31-16-30-24)28-27(17)23-13-19-11-10-18-7-5-6-8-20(18)22(19)14-25(23)32-28;1-15(2,3)12-6-9-14(17-10-12)11-4-7-13(16)8-5-11;/h5-11,13-16H,1-4H3;4,6-10H,1-3H3;/q2*-1;/i1D3;;. The first-order valence-electron chi connectivity index (χ1n) is 17.8. The third kappa shape index (κ3) is 6.83. The molecule has 50 heavy (non-hydrogen) atoms. The van der Waals surface area contributed by atoms with Gasteiger partial charge in [0.25, 0.3) is 0 Å². The number of aromatic nitrogens is 3. The molecule has 253 valence electrons. The van der Waals surface area contributed by atoms with Crippen LogP contribution >= 0.6 is 0 Å². The van der Waals surface area contributed by atoms with Crippen molar-refractivity contribution in [2.45, 2.75) is 59.2 Å². The van der Waals surface area contributed by atoms with E-state index in [2.05, 4.69) is 99.0 Å². The minimum absolute atomic E-state index is 0. The van der Waals surface area contributed by atoms with Crippen LogP contribution in [-0.2, 0) is 30.9 Å². The molecule has 0 spiro atoms. The molecule has 0 aliphatic rings. The number of aryl methyl sites for hydroxylation is 1. The van der Waals surface area contributed by atoms with Crippen LogP contribution in [0.25, 0.3) is 66.0 Å². The maximum atomic E-state index is 12.8. The van der Waals surface area contributed by atoms with Gasteiger partial charge >= 0.3 is 0 Å². The van der Waals surface area contributed by atoms with Gasteiger partial charge in [0.2, 0.25) is 0 Å². The third-order valence-electron chi connectivity index (χ3n) is 8.78. The molecule has 0 aliphatic carbocycles. The van der Waals surface area contributed by atoms with Crippen LogP contribution in [0.3, 0.4) is 0 Å². The van der Waals surface area contributed by atoms with Crippen molar-refractivity contribution in [2.75, 3.05) is 0 Å². The molecule has 8 rings (SSSR count). The molecular formula is C44H38FIrN3O-2. The van der Waals surface area contributed by atoms with Gasteiger partial charge in [-0.2, -0.15) is 0 Å². The van der Waals surface area contributed by atoms with E-state index in [-0.39, 0.29) is 42.3 Å². The molecule has 0 bridgehead atoms. The van der Waals surface area contributed by atoms with E-state index in [9.17, 15) is 4.39 Å². The van der Waals surface area contributed by atoms with E-state index in [4.69, 9.17) is 8.53 Å². The number of hydrogen-bond acceptors (Lipinski definition) is 4. The van der Waals surface area contributed by atoms with Crippen LogP contribution in [0.15, 0.2) is 108 Å². The molecule has 0 saturated carbocycles. The SMILES string of the molecule is CC(C)(C)c1ccc(-c2[c-]cc(F)cc2)nc1.[2H]C([2H])([2H])c1c[c-]c(-c2cc(C(C)(C)C)ncn2)c2oc3cc4c(ccc5ccccc54)cc3c12.[Ir]. The van der Waals surface area contributed by atoms with Crippen LogP contribution in [0, 0.1) is 24.8 Å². The van der Waals surface area contributed by atoms with E-state index in [0.29, 0.717) is 27.8 Å². The largest absolute Gasteiger partial charge is 0.501 e. The van der Waals surface area contributed by atoms with Gasteiger partial charge in [0.1, 0.15) is 11.9 Å². The zero-order valence-electron chi connectivity index (χ0n) is 31.8. The van der Waals surface area contributed by atoms with Gasteiger partial charge < -0.3 is 9.40 Å². The predicted octanol–water partition coefficient (Wildman–Crippen LogP) is 11.7. The van der Waals surface area contributed by atoms with Crippen molar-refractivity contribution in [3.05, 3.63) is 138 Å². The first kappa shape index (κ1) is 31.2. The molecule has 3 aromatic heterocycles. The zero-order valence-corrected chi connectivity index (χ0v) is 31.2. The summed E-state index contributed by atoms with van der Waals surface area (Å²) in [7, 11) is 0. The van der Waals surface area contributed by atoms with E-state index in [0.717, 1.165) is 43.9 Å². The topological polar surface area (TPSA) is 51.8 Å². The number of fused-ring (bicyclic) bond motifs is 6. The number of nitrogens with zero attached hydrogens (tertiary/aromatic N) is 3. The molecule has 3 heterocycles. The normalized spacial score (nSPS) is 13.0. The molecule has 0 N–H and O–H groups in total. The van der Waals surface area contributed by atoms with Gasteiger partial charge in [-0.15, -0.1) is 47.5 Å². The van der Waals surface area contributed by atoms with Crippen molar-refractivity contribution in [3.63, 3.8) is 0 Å². The molecule has 4 nitrogen and oxygen atoms in total. The Bertz CT molecular complexity index is 2590. The second-order valence-electron chi connectivity index (χ2n) is 14.4. The van der Waals surface area contributed by atoms with Crippen LogP contribution in [-0.4, -0.2) is 15.0 Å². The Kier molecular flexibility index (Phi) is 8.44. The number of furan rings is 1. The summed E-state index contributed by atoms with van der Waals surface area (Å²) in [5.41, 5.74) is 6.25. The van der Waals surface area contributed by atoms with Crippen LogP contribution in [0.4, 0.5) is 4.39 Å². The maximum Gasteiger partial charge on any atom is 0.121 e. The Hall–Kier alpha value is -4.77. The van der Waals surface area contributed by atoms with Crippen molar-refractivity contribution in [1.29, 1.82) is 0 Å². The second kappa shape index (κ2) is 13.5. The smallest absolute Gasteiger partial charge is 0.121 e. The number of pyridine rings is 1.